The molecule has 0 saturated heterocycles. The summed E-state index contributed by atoms with van der Waals surface area (Å²) in [5.74, 6) is 0.835. The van der Waals surface area contributed by atoms with Crippen LogP contribution in [0.15, 0.2) is 30.3 Å². The first-order chi connectivity index (χ1) is 8.52. The van der Waals surface area contributed by atoms with E-state index < -0.39 is 0 Å². The highest BCUT2D eigenvalue weighted by Gasteiger charge is 2.12. The molecular formula is C15H16ClNO. The van der Waals surface area contributed by atoms with Crippen molar-refractivity contribution in [3.63, 3.8) is 0 Å². The number of rotatable bonds is 2. The third kappa shape index (κ3) is 2.29. The van der Waals surface area contributed by atoms with Crippen molar-refractivity contribution in [2.75, 3.05) is 12.8 Å². The molecule has 2 rings (SSSR count). The minimum Gasteiger partial charge on any atom is -0.496 e. The molecule has 0 amide bonds. The Balaban J connectivity index is 2.70. The first-order valence-corrected chi connectivity index (χ1v) is 6.11. The zero-order valence-corrected chi connectivity index (χ0v) is 11.5. The average Bonchev–Trinajstić information content (AvgIpc) is 2.29. The van der Waals surface area contributed by atoms with Gasteiger partial charge >= 0.3 is 0 Å². The van der Waals surface area contributed by atoms with Gasteiger partial charge in [0.25, 0.3) is 0 Å². The number of methoxy groups -OCH3 is 1. The fourth-order valence-corrected chi connectivity index (χ4v) is 2.38. The third-order valence-electron chi connectivity index (χ3n) is 2.95. The van der Waals surface area contributed by atoms with E-state index >= 15 is 0 Å². The smallest absolute Gasteiger partial charge is 0.127 e. The van der Waals surface area contributed by atoms with Crippen LogP contribution in [0.1, 0.15) is 11.1 Å². The molecule has 0 aliphatic carbocycles. The second-order valence-corrected chi connectivity index (χ2v) is 4.83. The molecule has 0 radical (unpaired) electrons. The lowest BCUT2D eigenvalue weighted by molar-refractivity contribution is 0.416. The van der Waals surface area contributed by atoms with Gasteiger partial charge in [-0.05, 0) is 43.2 Å². The third-order valence-corrected chi connectivity index (χ3v) is 3.18. The highest BCUT2D eigenvalue weighted by Crippen LogP contribution is 2.38. The van der Waals surface area contributed by atoms with E-state index in [9.17, 15) is 0 Å². The van der Waals surface area contributed by atoms with Crippen molar-refractivity contribution in [3.8, 4) is 16.9 Å². The molecule has 2 N–H and O–H groups in total. The Hall–Kier alpha value is -1.67. The first-order valence-electron chi connectivity index (χ1n) is 5.73. The number of hydrogen-bond acceptors (Lipinski definition) is 2. The molecule has 2 nitrogen and oxygen atoms in total. The van der Waals surface area contributed by atoms with Crippen molar-refractivity contribution in [1.82, 2.24) is 0 Å². The summed E-state index contributed by atoms with van der Waals surface area (Å²) < 4.78 is 5.46. The van der Waals surface area contributed by atoms with Crippen LogP contribution in [0, 0.1) is 13.8 Å². The van der Waals surface area contributed by atoms with Gasteiger partial charge in [-0.25, -0.2) is 0 Å². The number of ether oxygens (including phenoxy) is 1. The van der Waals surface area contributed by atoms with Gasteiger partial charge in [-0.3, -0.25) is 0 Å². The molecule has 2 aromatic rings. The lowest BCUT2D eigenvalue weighted by atomic mass is 9.96. The van der Waals surface area contributed by atoms with Crippen LogP contribution in [0.2, 0.25) is 5.02 Å². The maximum Gasteiger partial charge on any atom is 0.127 e. The van der Waals surface area contributed by atoms with Crippen LogP contribution in [0.25, 0.3) is 11.1 Å². The molecule has 0 heterocycles. The van der Waals surface area contributed by atoms with E-state index in [0.717, 1.165) is 22.4 Å². The summed E-state index contributed by atoms with van der Waals surface area (Å²) in [6.45, 7) is 4.10. The number of nitrogen functional groups attached to an aromatic ring is 1. The van der Waals surface area contributed by atoms with Gasteiger partial charge in [-0.1, -0.05) is 23.7 Å². The number of anilines is 1. The van der Waals surface area contributed by atoms with E-state index in [1.807, 2.05) is 25.1 Å². The van der Waals surface area contributed by atoms with Crippen LogP contribution in [0.5, 0.6) is 5.75 Å². The monoisotopic (exact) mass is 261 g/mol. The van der Waals surface area contributed by atoms with Gasteiger partial charge in [0.05, 0.1) is 7.11 Å². The van der Waals surface area contributed by atoms with Crippen LogP contribution < -0.4 is 10.5 Å². The summed E-state index contributed by atoms with van der Waals surface area (Å²) >= 11 is 5.93. The quantitative estimate of drug-likeness (QED) is 0.822. The Morgan fingerprint density at radius 1 is 1.11 bits per heavy atom. The number of benzene rings is 2. The molecular weight excluding hydrogens is 246 g/mol. The Morgan fingerprint density at radius 3 is 2.44 bits per heavy atom. The van der Waals surface area contributed by atoms with E-state index in [4.69, 9.17) is 22.1 Å². The van der Waals surface area contributed by atoms with Gasteiger partial charge in [0.2, 0.25) is 0 Å². The molecule has 94 valence electrons. The van der Waals surface area contributed by atoms with Crippen LogP contribution in [-0.4, -0.2) is 7.11 Å². The van der Waals surface area contributed by atoms with Gasteiger partial charge in [0, 0.05) is 21.8 Å². The largest absolute Gasteiger partial charge is 0.496 e. The molecule has 18 heavy (non-hydrogen) atoms. The van der Waals surface area contributed by atoms with Gasteiger partial charge in [-0.15, -0.1) is 0 Å². The molecule has 0 bridgehead atoms. The molecule has 0 aliphatic heterocycles. The summed E-state index contributed by atoms with van der Waals surface area (Å²) in [5.41, 5.74) is 11.0. The Labute approximate surface area is 112 Å². The molecule has 3 heteroatoms. The SMILES string of the molecule is COc1cc(C)cc(C)c1-c1ccc(Cl)cc1N. The Kier molecular flexibility index (Phi) is 3.48. The molecule has 0 atom stereocenters. The fraction of sp³-hybridized carbons (Fsp3) is 0.200. The number of halogens is 1. The molecule has 0 fully saturated rings. The van der Waals surface area contributed by atoms with Crippen LogP contribution in [0.3, 0.4) is 0 Å². The lowest BCUT2D eigenvalue weighted by Crippen LogP contribution is -1.96. The molecule has 2 aromatic carbocycles. The van der Waals surface area contributed by atoms with Crippen LogP contribution in [0.4, 0.5) is 5.69 Å². The Morgan fingerprint density at radius 2 is 1.83 bits per heavy atom. The molecule has 0 unspecified atom stereocenters. The second kappa shape index (κ2) is 4.91. The number of aryl methyl sites for hydroxylation is 2. The minimum absolute atomic E-state index is 0.639. The van der Waals surface area contributed by atoms with Crippen molar-refractivity contribution < 1.29 is 4.74 Å². The van der Waals surface area contributed by atoms with Gasteiger partial charge in [0.1, 0.15) is 5.75 Å². The molecule has 0 spiro atoms. The molecule has 0 saturated carbocycles. The standard InChI is InChI=1S/C15H16ClNO/c1-9-6-10(2)15(14(7-9)18-3)12-5-4-11(16)8-13(12)17/h4-8H,17H2,1-3H3. The number of nitrogens with two attached hydrogens (primary N) is 1. The van der Waals surface area contributed by atoms with E-state index in [-0.39, 0.29) is 0 Å². The van der Waals surface area contributed by atoms with Gasteiger partial charge in [-0.2, -0.15) is 0 Å². The number of hydrogen-bond donors (Lipinski definition) is 1. The highest BCUT2D eigenvalue weighted by molar-refractivity contribution is 6.31. The van der Waals surface area contributed by atoms with E-state index in [2.05, 4.69) is 13.0 Å². The van der Waals surface area contributed by atoms with E-state index in [1.165, 1.54) is 5.56 Å². The van der Waals surface area contributed by atoms with Crippen molar-refractivity contribution in [2.24, 2.45) is 0 Å². The predicted octanol–water partition coefficient (Wildman–Crippen LogP) is 4.21. The van der Waals surface area contributed by atoms with Crippen molar-refractivity contribution in [2.45, 2.75) is 13.8 Å². The Bertz CT molecular complexity index is 593. The zero-order chi connectivity index (χ0) is 13.3. The topological polar surface area (TPSA) is 35.2 Å². The van der Waals surface area contributed by atoms with Crippen molar-refractivity contribution in [3.05, 3.63) is 46.5 Å². The summed E-state index contributed by atoms with van der Waals surface area (Å²) in [4.78, 5) is 0. The summed E-state index contributed by atoms with van der Waals surface area (Å²) in [6, 6.07) is 9.65. The summed E-state index contributed by atoms with van der Waals surface area (Å²) in [7, 11) is 1.67. The molecule has 0 aliphatic rings. The van der Waals surface area contributed by atoms with Crippen molar-refractivity contribution >= 4 is 17.3 Å². The maximum atomic E-state index is 6.04. The summed E-state index contributed by atoms with van der Waals surface area (Å²) in [6.07, 6.45) is 0. The lowest BCUT2D eigenvalue weighted by Gasteiger charge is -2.15. The second-order valence-electron chi connectivity index (χ2n) is 4.39. The maximum absolute atomic E-state index is 6.04. The first kappa shape index (κ1) is 12.8. The molecule has 0 aromatic heterocycles. The normalized spacial score (nSPS) is 10.4. The van der Waals surface area contributed by atoms with Gasteiger partial charge in [0.15, 0.2) is 0 Å². The fourth-order valence-electron chi connectivity index (χ4n) is 2.20. The highest BCUT2D eigenvalue weighted by atomic mass is 35.5. The van der Waals surface area contributed by atoms with Crippen LogP contribution in [-0.2, 0) is 0 Å². The van der Waals surface area contributed by atoms with Crippen LogP contribution >= 0.6 is 11.6 Å². The van der Waals surface area contributed by atoms with Crippen molar-refractivity contribution in [1.29, 1.82) is 0 Å². The minimum atomic E-state index is 0.639. The summed E-state index contributed by atoms with van der Waals surface area (Å²) in [5, 5.41) is 0.639. The van der Waals surface area contributed by atoms with Gasteiger partial charge < -0.3 is 10.5 Å². The predicted molar refractivity (Wildman–Crippen MR) is 77.3 cm³/mol. The zero-order valence-electron chi connectivity index (χ0n) is 10.8. The van der Waals surface area contributed by atoms with E-state index in [1.54, 1.807) is 13.2 Å². The average molecular weight is 262 g/mol. The van der Waals surface area contributed by atoms with E-state index in [0.29, 0.717) is 10.7 Å².